The fourth-order valence-corrected chi connectivity index (χ4v) is 1.94. The van der Waals surface area contributed by atoms with Crippen molar-refractivity contribution in [2.24, 2.45) is 0 Å². The lowest BCUT2D eigenvalue weighted by Crippen LogP contribution is -2.43. The summed E-state index contributed by atoms with van der Waals surface area (Å²) in [6.45, 7) is 4.31. The van der Waals surface area contributed by atoms with Crippen LogP contribution in [0, 0.1) is 0 Å². The molecular weight excluding hydrogens is 206 g/mol. The summed E-state index contributed by atoms with van der Waals surface area (Å²) < 4.78 is 16.3. The van der Waals surface area contributed by atoms with E-state index in [-0.39, 0.29) is 11.6 Å². The molecule has 2 rings (SSSR count). The molecule has 0 amide bonds. The van der Waals surface area contributed by atoms with Crippen molar-refractivity contribution in [1.29, 1.82) is 0 Å². The minimum Gasteiger partial charge on any atom is -0.468 e. The first kappa shape index (κ1) is 11.6. The highest BCUT2D eigenvalue weighted by Crippen LogP contribution is 2.23. The third-order valence-electron chi connectivity index (χ3n) is 3.20. The van der Waals surface area contributed by atoms with E-state index < -0.39 is 0 Å². The van der Waals surface area contributed by atoms with E-state index in [9.17, 15) is 0 Å². The normalized spacial score (nSPS) is 27.1. The Labute approximate surface area is 95.9 Å². The van der Waals surface area contributed by atoms with Gasteiger partial charge < -0.3 is 19.2 Å². The van der Waals surface area contributed by atoms with Crippen LogP contribution in [-0.4, -0.2) is 32.5 Å². The van der Waals surface area contributed by atoms with Crippen LogP contribution in [0.5, 0.6) is 0 Å². The summed E-state index contributed by atoms with van der Waals surface area (Å²) in [7, 11) is 1.74. The first-order chi connectivity index (χ1) is 7.76. The van der Waals surface area contributed by atoms with Crippen LogP contribution < -0.4 is 5.32 Å². The molecule has 0 radical (unpaired) electrons. The molecule has 1 aromatic rings. The summed E-state index contributed by atoms with van der Waals surface area (Å²) >= 11 is 0. The molecule has 1 saturated heterocycles. The smallest absolute Gasteiger partial charge is 0.120 e. The van der Waals surface area contributed by atoms with E-state index in [2.05, 4.69) is 12.2 Å². The second-order valence-corrected chi connectivity index (χ2v) is 4.31. The topological polar surface area (TPSA) is 43.6 Å². The molecule has 0 spiro atoms. The highest BCUT2D eigenvalue weighted by Gasteiger charge is 2.35. The third kappa shape index (κ3) is 2.45. The van der Waals surface area contributed by atoms with Gasteiger partial charge in [0.05, 0.1) is 18.9 Å². The second kappa shape index (κ2) is 4.99. The van der Waals surface area contributed by atoms with Crippen molar-refractivity contribution in [1.82, 2.24) is 5.32 Å². The van der Waals surface area contributed by atoms with Crippen LogP contribution >= 0.6 is 0 Å². The minimum atomic E-state index is -0.166. The lowest BCUT2D eigenvalue weighted by atomic mass is 10.0. The monoisotopic (exact) mass is 225 g/mol. The minimum absolute atomic E-state index is 0.166. The quantitative estimate of drug-likeness (QED) is 0.829. The van der Waals surface area contributed by atoms with Crippen LogP contribution in [-0.2, 0) is 9.47 Å². The Morgan fingerprint density at radius 1 is 1.62 bits per heavy atom. The van der Waals surface area contributed by atoms with Crippen LogP contribution in [0.3, 0.4) is 0 Å². The molecule has 0 saturated carbocycles. The van der Waals surface area contributed by atoms with E-state index in [0.717, 1.165) is 25.3 Å². The van der Waals surface area contributed by atoms with Gasteiger partial charge >= 0.3 is 0 Å². The van der Waals surface area contributed by atoms with Gasteiger partial charge in [-0.3, -0.25) is 0 Å². The van der Waals surface area contributed by atoms with Crippen LogP contribution in [0.15, 0.2) is 22.8 Å². The maximum Gasteiger partial charge on any atom is 0.120 e. The molecule has 90 valence electrons. The molecule has 4 nitrogen and oxygen atoms in total. The zero-order chi connectivity index (χ0) is 11.4. The van der Waals surface area contributed by atoms with E-state index in [4.69, 9.17) is 13.9 Å². The molecule has 1 aliphatic rings. The van der Waals surface area contributed by atoms with Crippen LogP contribution in [0.2, 0.25) is 0 Å². The predicted octanol–water partition coefficient (Wildman–Crippen LogP) is 1.74. The van der Waals surface area contributed by atoms with Gasteiger partial charge in [0.25, 0.3) is 0 Å². The summed E-state index contributed by atoms with van der Waals surface area (Å²) in [5.74, 6) is 0.949. The number of hydrogen-bond donors (Lipinski definition) is 1. The first-order valence-corrected chi connectivity index (χ1v) is 5.65. The summed E-state index contributed by atoms with van der Waals surface area (Å²) in [6.07, 6.45) is 2.64. The molecule has 0 bridgehead atoms. The van der Waals surface area contributed by atoms with Gasteiger partial charge in [0.15, 0.2) is 0 Å². The third-order valence-corrected chi connectivity index (χ3v) is 3.20. The van der Waals surface area contributed by atoms with Gasteiger partial charge in [0, 0.05) is 26.7 Å². The largest absolute Gasteiger partial charge is 0.468 e. The Morgan fingerprint density at radius 2 is 2.50 bits per heavy atom. The zero-order valence-corrected chi connectivity index (χ0v) is 9.86. The Hall–Kier alpha value is -0.840. The molecule has 1 aliphatic heterocycles. The first-order valence-electron chi connectivity index (χ1n) is 5.65. The van der Waals surface area contributed by atoms with Gasteiger partial charge in [-0.2, -0.15) is 0 Å². The lowest BCUT2D eigenvalue weighted by Gasteiger charge is -2.27. The van der Waals surface area contributed by atoms with Crippen molar-refractivity contribution in [3.8, 4) is 0 Å². The van der Waals surface area contributed by atoms with Crippen LogP contribution in [0.25, 0.3) is 0 Å². The van der Waals surface area contributed by atoms with Crippen molar-refractivity contribution >= 4 is 0 Å². The Morgan fingerprint density at radius 3 is 3.06 bits per heavy atom. The standard InChI is InChI=1S/C12H19NO3/c1-10(11-4-3-6-16-11)13-8-12(14-2)5-7-15-9-12/h3-4,6,10,13H,5,7-9H2,1-2H3. The molecule has 16 heavy (non-hydrogen) atoms. The van der Waals surface area contributed by atoms with Gasteiger partial charge in [0.1, 0.15) is 11.4 Å². The summed E-state index contributed by atoms with van der Waals surface area (Å²) in [5, 5.41) is 3.42. The van der Waals surface area contributed by atoms with E-state index in [0.29, 0.717) is 6.61 Å². The second-order valence-electron chi connectivity index (χ2n) is 4.31. The summed E-state index contributed by atoms with van der Waals surface area (Å²) in [4.78, 5) is 0. The van der Waals surface area contributed by atoms with Crippen LogP contribution in [0.4, 0.5) is 0 Å². The van der Waals surface area contributed by atoms with Crippen molar-refractivity contribution in [2.75, 3.05) is 26.9 Å². The van der Waals surface area contributed by atoms with Gasteiger partial charge in [-0.15, -0.1) is 0 Å². The number of nitrogens with one attached hydrogen (secondary N) is 1. The van der Waals surface area contributed by atoms with Gasteiger partial charge in [-0.25, -0.2) is 0 Å². The van der Waals surface area contributed by atoms with Gasteiger partial charge in [-0.1, -0.05) is 0 Å². The van der Waals surface area contributed by atoms with E-state index in [1.54, 1.807) is 13.4 Å². The van der Waals surface area contributed by atoms with Crippen molar-refractivity contribution in [3.63, 3.8) is 0 Å². The highest BCUT2D eigenvalue weighted by molar-refractivity contribution is 5.03. The van der Waals surface area contributed by atoms with Crippen molar-refractivity contribution in [2.45, 2.75) is 25.0 Å². The molecule has 2 heterocycles. The molecule has 0 aromatic carbocycles. The average Bonchev–Trinajstić information content (AvgIpc) is 2.98. The molecule has 1 N–H and O–H groups in total. The molecule has 2 atom stereocenters. The van der Waals surface area contributed by atoms with Crippen molar-refractivity contribution in [3.05, 3.63) is 24.2 Å². The molecular formula is C12H19NO3. The van der Waals surface area contributed by atoms with Gasteiger partial charge in [-0.05, 0) is 19.1 Å². The maximum atomic E-state index is 5.55. The lowest BCUT2D eigenvalue weighted by molar-refractivity contribution is -0.0175. The Kier molecular flexibility index (Phi) is 3.63. The predicted molar refractivity (Wildman–Crippen MR) is 60.3 cm³/mol. The van der Waals surface area contributed by atoms with E-state index >= 15 is 0 Å². The van der Waals surface area contributed by atoms with E-state index in [1.807, 2.05) is 12.1 Å². The fraction of sp³-hybridized carbons (Fsp3) is 0.667. The number of rotatable bonds is 5. The molecule has 1 aromatic heterocycles. The fourth-order valence-electron chi connectivity index (χ4n) is 1.94. The van der Waals surface area contributed by atoms with Crippen LogP contribution in [0.1, 0.15) is 25.1 Å². The van der Waals surface area contributed by atoms with E-state index in [1.165, 1.54) is 0 Å². The average molecular weight is 225 g/mol. The molecule has 1 fully saturated rings. The Bertz CT molecular complexity index is 304. The number of methoxy groups -OCH3 is 1. The molecule has 2 unspecified atom stereocenters. The zero-order valence-electron chi connectivity index (χ0n) is 9.86. The highest BCUT2D eigenvalue weighted by atomic mass is 16.5. The molecule has 0 aliphatic carbocycles. The number of ether oxygens (including phenoxy) is 2. The van der Waals surface area contributed by atoms with Crippen molar-refractivity contribution < 1.29 is 13.9 Å². The number of furan rings is 1. The maximum absolute atomic E-state index is 5.55. The number of hydrogen-bond acceptors (Lipinski definition) is 4. The Balaban J connectivity index is 1.86. The summed E-state index contributed by atoms with van der Waals surface area (Å²) in [5.41, 5.74) is -0.166. The van der Waals surface area contributed by atoms with Gasteiger partial charge in [0.2, 0.25) is 0 Å². The molecule has 4 heteroatoms. The summed E-state index contributed by atoms with van der Waals surface area (Å²) in [6, 6.07) is 4.07. The SMILES string of the molecule is COC1(CNC(C)c2ccco2)CCOC1.